The Kier molecular flexibility index (Phi) is 2.54. The van der Waals surface area contributed by atoms with Crippen LogP contribution in [0.1, 0.15) is 30.9 Å². The number of nitrogens with one attached hydrogen (secondary N) is 1. The van der Waals surface area contributed by atoms with Gasteiger partial charge in [-0.2, -0.15) is 4.39 Å². The number of hydrogen-bond donors (Lipinski definition) is 1. The zero-order chi connectivity index (χ0) is 9.10. The molecular weight excluding hydrogens is 167 g/mol. The van der Waals surface area contributed by atoms with Gasteiger partial charge < -0.3 is 5.32 Å². The van der Waals surface area contributed by atoms with Gasteiger partial charge in [0.1, 0.15) is 0 Å². The van der Waals surface area contributed by atoms with E-state index < -0.39 is 0 Å². The van der Waals surface area contributed by atoms with E-state index in [0.717, 1.165) is 13.0 Å². The second-order valence-electron chi connectivity index (χ2n) is 3.39. The van der Waals surface area contributed by atoms with Crippen LogP contribution in [0.5, 0.6) is 0 Å². The van der Waals surface area contributed by atoms with Crippen LogP contribution in [-0.4, -0.2) is 11.5 Å². The molecule has 1 aromatic heterocycles. The highest BCUT2D eigenvalue weighted by atomic mass is 19.1. The van der Waals surface area contributed by atoms with Gasteiger partial charge in [-0.15, -0.1) is 0 Å². The van der Waals surface area contributed by atoms with Gasteiger partial charge in [0.2, 0.25) is 5.95 Å². The first-order valence-electron chi connectivity index (χ1n) is 4.72. The first kappa shape index (κ1) is 8.63. The van der Waals surface area contributed by atoms with Crippen LogP contribution in [0.3, 0.4) is 0 Å². The molecule has 1 unspecified atom stereocenters. The predicted molar refractivity (Wildman–Crippen MR) is 48.8 cm³/mol. The number of pyridine rings is 1. The van der Waals surface area contributed by atoms with Gasteiger partial charge in [-0.3, -0.25) is 0 Å². The highest BCUT2D eigenvalue weighted by molar-refractivity contribution is 5.16. The predicted octanol–water partition coefficient (Wildman–Crippen LogP) is 2.04. The van der Waals surface area contributed by atoms with Crippen LogP contribution < -0.4 is 5.32 Å². The zero-order valence-electron chi connectivity index (χ0n) is 7.46. The van der Waals surface area contributed by atoms with Gasteiger partial charge in [0.15, 0.2) is 0 Å². The average molecular weight is 180 g/mol. The molecule has 0 amide bonds. The lowest BCUT2D eigenvalue weighted by Crippen LogP contribution is -2.27. The fourth-order valence-corrected chi connectivity index (χ4v) is 1.78. The second-order valence-corrected chi connectivity index (χ2v) is 3.39. The Bertz CT molecular complexity index is 282. The first-order chi connectivity index (χ1) is 6.38. The second kappa shape index (κ2) is 3.83. The Hall–Kier alpha value is -0.960. The van der Waals surface area contributed by atoms with Crippen LogP contribution in [0.15, 0.2) is 18.3 Å². The van der Waals surface area contributed by atoms with Crippen molar-refractivity contribution in [2.24, 2.45) is 0 Å². The van der Waals surface area contributed by atoms with Crippen molar-refractivity contribution in [1.82, 2.24) is 10.3 Å². The summed E-state index contributed by atoms with van der Waals surface area (Å²) in [5.74, 6) is -0.332. The Balaban J connectivity index is 2.18. The summed E-state index contributed by atoms with van der Waals surface area (Å²) in [7, 11) is 0. The molecular formula is C10H13FN2. The summed E-state index contributed by atoms with van der Waals surface area (Å²) in [6.07, 6.45) is 4.87. The molecule has 1 aliphatic rings. The number of piperidine rings is 1. The lowest BCUT2D eigenvalue weighted by molar-refractivity contribution is 0.395. The maximum absolute atomic E-state index is 13.2. The fourth-order valence-electron chi connectivity index (χ4n) is 1.78. The Morgan fingerprint density at radius 3 is 3.08 bits per heavy atom. The monoisotopic (exact) mass is 180 g/mol. The van der Waals surface area contributed by atoms with Crippen LogP contribution in [0, 0.1) is 5.95 Å². The molecule has 2 heterocycles. The number of nitrogens with zero attached hydrogens (tertiary/aromatic N) is 1. The minimum atomic E-state index is -0.332. The summed E-state index contributed by atoms with van der Waals surface area (Å²) < 4.78 is 13.2. The van der Waals surface area contributed by atoms with Gasteiger partial charge in [0.05, 0.1) is 0 Å². The molecule has 1 fully saturated rings. The fraction of sp³-hybridized carbons (Fsp3) is 0.500. The minimum Gasteiger partial charge on any atom is -0.310 e. The first-order valence-corrected chi connectivity index (χ1v) is 4.72. The Labute approximate surface area is 77.2 Å². The number of hydrogen-bond acceptors (Lipinski definition) is 2. The van der Waals surface area contributed by atoms with Crippen LogP contribution in [0.2, 0.25) is 0 Å². The van der Waals surface area contributed by atoms with Gasteiger partial charge in [0.25, 0.3) is 0 Å². The van der Waals surface area contributed by atoms with E-state index in [1.54, 1.807) is 6.07 Å². The van der Waals surface area contributed by atoms with E-state index in [9.17, 15) is 4.39 Å². The zero-order valence-corrected chi connectivity index (χ0v) is 7.46. The third kappa shape index (κ3) is 1.86. The van der Waals surface area contributed by atoms with Crippen molar-refractivity contribution in [3.63, 3.8) is 0 Å². The quantitative estimate of drug-likeness (QED) is 0.669. The molecule has 1 atom stereocenters. The van der Waals surface area contributed by atoms with Crippen LogP contribution >= 0.6 is 0 Å². The van der Waals surface area contributed by atoms with Crippen molar-refractivity contribution in [1.29, 1.82) is 0 Å². The van der Waals surface area contributed by atoms with Crippen molar-refractivity contribution in [2.45, 2.75) is 25.3 Å². The van der Waals surface area contributed by atoms with E-state index in [1.807, 2.05) is 6.07 Å². The normalized spacial score (nSPS) is 23.0. The summed E-state index contributed by atoms with van der Waals surface area (Å²) in [6.45, 7) is 0.985. The summed E-state index contributed by atoms with van der Waals surface area (Å²) in [4.78, 5) is 3.65. The van der Waals surface area contributed by atoms with Gasteiger partial charge in [0, 0.05) is 17.8 Å². The van der Waals surface area contributed by atoms with Gasteiger partial charge in [-0.25, -0.2) is 4.98 Å². The molecule has 0 aromatic carbocycles. The van der Waals surface area contributed by atoms with Crippen molar-refractivity contribution in [3.8, 4) is 0 Å². The molecule has 2 nitrogen and oxygen atoms in total. The summed E-state index contributed by atoms with van der Waals surface area (Å²) in [5.41, 5.74) is 0.710. The maximum atomic E-state index is 13.2. The third-order valence-electron chi connectivity index (χ3n) is 2.47. The van der Waals surface area contributed by atoms with Crippen LogP contribution in [0.25, 0.3) is 0 Å². The average Bonchev–Trinajstić information content (AvgIpc) is 2.20. The van der Waals surface area contributed by atoms with Gasteiger partial charge in [-0.05, 0) is 25.5 Å². The largest absolute Gasteiger partial charge is 0.310 e. The van der Waals surface area contributed by atoms with Gasteiger partial charge in [-0.1, -0.05) is 12.5 Å². The molecule has 0 spiro atoms. The highest BCUT2D eigenvalue weighted by Gasteiger charge is 2.17. The number of halogens is 1. The molecule has 1 N–H and O–H groups in total. The van der Waals surface area contributed by atoms with Crippen molar-refractivity contribution in [2.75, 3.05) is 6.54 Å². The molecule has 0 aliphatic carbocycles. The Morgan fingerprint density at radius 2 is 2.38 bits per heavy atom. The van der Waals surface area contributed by atoms with Crippen LogP contribution in [0.4, 0.5) is 4.39 Å². The standard InChI is InChI=1S/C10H13FN2/c11-10-8(4-3-7-13-10)9-5-1-2-6-12-9/h3-4,7,9,12H,1-2,5-6H2. The van der Waals surface area contributed by atoms with E-state index in [0.29, 0.717) is 5.56 Å². The third-order valence-corrected chi connectivity index (χ3v) is 2.47. The van der Waals surface area contributed by atoms with Crippen molar-refractivity contribution < 1.29 is 4.39 Å². The molecule has 3 heteroatoms. The minimum absolute atomic E-state index is 0.169. The smallest absolute Gasteiger partial charge is 0.217 e. The van der Waals surface area contributed by atoms with Crippen molar-refractivity contribution in [3.05, 3.63) is 29.8 Å². The SMILES string of the molecule is Fc1ncccc1C1CCCCN1. The van der Waals surface area contributed by atoms with E-state index in [4.69, 9.17) is 0 Å². The molecule has 13 heavy (non-hydrogen) atoms. The maximum Gasteiger partial charge on any atom is 0.217 e. The molecule has 2 rings (SSSR count). The van der Waals surface area contributed by atoms with E-state index in [1.165, 1.54) is 19.0 Å². The van der Waals surface area contributed by atoms with E-state index >= 15 is 0 Å². The number of rotatable bonds is 1. The van der Waals surface area contributed by atoms with Crippen molar-refractivity contribution >= 4 is 0 Å². The van der Waals surface area contributed by atoms with E-state index in [-0.39, 0.29) is 12.0 Å². The van der Waals surface area contributed by atoms with E-state index in [2.05, 4.69) is 10.3 Å². The molecule has 0 radical (unpaired) electrons. The number of aromatic nitrogens is 1. The molecule has 1 aliphatic heterocycles. The lowest BCUT2D eigenvalue weighted by atomic mass is 9.99. The molecule has 70 valence electrons. The summed E-state index contributed by atoms with van der Waals surface area (Å²) in [5, 5.41) is 3.30. The highest BCUT2D eigenvalue weighted by Crippen LogP contribution is 2.23. The summed E-state index contributed by atoms with van der Waals surface area (Å²) in [6, 6.07) is 3.77. The van der Waals surface area contributed by atoms with Gasteiger partial charge >= 0.3 is 0 Å². The molecule has 0 bridgehead atoms. The lowest BCUT2D eigenvalue weighted by Gasteiger charge is -2.23. The summed E-state index contributed by atoms with van der Waals surface area (Å²) >= 11 is 0. The van der Waals surface area contributed by atoms with Crippen LogP contribution in [-0.2, 0) is 0 Å². The molecule has 0 saturated carbocycles. The molecule has 1 saturated heterocycles. The topological polar surface area (TPSA) is 24.9 Å². The Morgan fingerprint density at radius 1 is 1.46 bits per heavy atom. The molecule has 1 aromatic rings.